The van der Waals surface area contributed by atoms with Crippen LogP contribution in [0.5, 0.6) is 0 Å². The Hall–Kier alpha value is 0.220. The summed E-state index contributed by atoms with van der Waals surface area (Å²) in [6, 6.07) is 0. The standard InChI is InChI=1S/C11H21Br/c1-4-7-11(10-12,8-5-2)9-6-3/h4H,1,5-10H2,2-3H3. The Morgan fingerprint density at radius 1 is 1.25 bits per heavy atom. The third-order valence-electron chi connectivity index (χ3n) is 2.42. The van der Waals surface area contributed by atoms with Gasteiger partial charge in [-0.1, -0.05) is 48.7 Å². The molecular weight excluding hydrogens is 212 g/mol. The second-order valence-corrected chi connectivity index (χ2v) is 4.19. The predicted molar refractivity (Wildman–Crippen MR) is 60.9 cm³/mol. The van der Waals surface area contributed by atoms with E-state index in [0.717, 1.165) is 11.8 Å². The van der Waals surface area contributed by atoms with E-state index in [1.54, 1.807) is 0 Å². The summed E-state index contributed by atoms with van der Waals surface area (Å²) in [5.74, 6) is 0. The van der Waals surface area contributed by atoms with Crippen molar-refractivity contribution in [3.8, 4) is 0 Å². The number of halogens is 1. The first-order chi connectivity index (χ1) is 5.74. The number of alkyl halides is 1. The zero-order valence-electron chi connectivity index (χ0n) is 8.41. The molecule has 0 spiro atoms. The van der Waals surface area contributed by atoms with E-state index < -0.39 is 0 Å². The largest absolute Gasteiger partial charge is 0.103 e. The molecule has 0 nitrogen and oxygen atoms in total. The molecule has 0 atom stereocenters. The Labute approximate surface area is 85.6 Å². The van der Waals surface area contributed by atoms with Crippen molar-refractivity contribution in [2.75, 3.05) is 5.33 Å². The first-order valence-electron chi connectivity index (χ1n) is 4.91. The fourth-order valence-corrected chi connectivity index (χ4v) is 2.67. The minimum absolute atomic E-state index is 0.491. The zero-order chi connectivity index (χ0) is 9.45. The smallest absolute Gasteiger partial charge is 0.00909 e. The highest BCUT2D eigenvalue weighted by atomic mass is 79.9. The number of allylic oxidation sites excluding steroid dienone is 1. The van der Waals surface area contributed by atoms with E-state index in [0.29, 0.717) is 5.41 Å². The highest BCUT2D eigenvalue weighted by molar-refractivity contribution is 9.09. The Balaban J connectivity index is 4.15. The quantitative estimate of drug-likeness (QED) is 0.447. The minimum Gasteiger partial charge on any atom is -0.103 e. The van der Waals surface area contributed by atoms with Gasteiger partial charge in [-0.05, 0) is 24.7 Å². The molecule has 0 aliphatic rings. The summed E-state index contributed by atoms with van der Waals surface area (Å²) in [6.45, 7) is 8.36. The Morgan fingerprint density at radius 2 is 1.75 bits per heavy atom. The lowest BCUT2D eigenvalue weighted by molar-refractivity contribution is 0.280. The first kappa shape index (κ1) is 12.2. The van der Waals surface area contributed by atoms with Crippen molar-refractivity contribution < 1.29 is 0 Å². The van der Waals surface area contributed by atoms with Crippen molar-refractivity contribution in [1.29, 1.82) is 0 Å². The van der Waals surface area contributed by atoms with Gasteiger partial charge in [-0.15, -0.1) is 6.58 Å². The summed E-state index contributed by atoms with van der Waals surface area (Å²) >= 11 is 3.63. The van der Waals surface area contributed by atoms with E-state index in [-0.39, 0.29) is 0 Å². The van der Waals surface area contributed by atoms with Crippen LogP contribution in [0.2, 0.25) is 0 Å². The second kappa shape index (κ2) is 6.71. The molecule has 1 heteroatoms. The van der Waals surface area contributed by atoms with Crippen LogP contribution >= 0.6 is 15.9 Å². The van der Waals surface area contributed by atoms with Gasteiger partial charge in [0.05, 0.1) is 0 Å². The Morgan fingerprint density at radius 3 is 2.00 bits per heavy atom. The molecule has 0 saturated heterocycles. The molecule has 0 aromatic rings. The fourth-order valence-electron chi connectivity index (χ4n) is 1.88. The number of hydrogen-bond donors (Lipinski definition) is 0. The highest BCUT2D eigenvalue weighted by Crippen LogP contribution is 2.35. The number of rotatable bonds is 7. The van der Waals surface area contributed by atoms with Gasteiger partial charge in [0, 0.05) is 5.33 Å². The average Bonchev–Trinajstić information content (AvgIpc) is 2.06. The van der Waals surface area contributed by atoms with Gasteiger partial charge >= 0.3 is 0 Å². The molecule has 0 aromatic carbocycles. The predicted octanol–water partition coefficient (Wildman–Crippen LogP) is 4.54. The van der Waals surface area contributed by atoms with Crippen molar-refractivity contribution in [2.24, 2.45) is 5.41 Å². The van der Waals surface area contributed by atoms with Crippen LogP contribution in [-0.4, -0.2) is 5.33 Å². The molecule has 0 aromatic heterocycles. The third-order valence-corrected chi connectivity index (χ3v) is 3.61. The lowest BCUT2D eigenvalue weighted by Gasteiger charge is -2.30. The molecule has 0 saturated carbocycles. The van der Waals surface area contributed by atoms with Gasteiger partial charge in [0.15, 0.2) is 0 Å². The minimum atomic E-state index is 0.491. The molecule has 0 heterocycles. The van der Waals surface area contributed by atoms with Crippen molar-refractivity contribution in [2.45, 2.75) is 46.0 Å². The summed E-state index contributed by atoms with van der Waals surface area (Å²) in [7, 11) is 0. The topological polar surface area (TPSA) is 0 Å². The molecule has 0 fully saturated rings. The van der Waals surface area contributed by atoms with Gasteiger partial charge in [-0.2, -0.15) is 0 Å². The monoisotopic (exact) mass is 232 g/mol. The van der Waals surface area contributed by atoms with E-state index in [1.165, 1.54) is 25.7 Å². The molecule has 0 rings (SSSR count). The molecule has 0 radical (unpaired) electrons. The SMILES string of the molecule is C=CCC(CBr)(CCC)CCC. The Kier molecular flexibility index (Phi) is 6.83. The van der Waals surface area contributed by atoms with Crippen LogP contribution in [0, 0.1) is 5.41 Å². The van der Waals surface area contributed by atoms with E-state index in [1.807, 2.05) is 0 Å². The molecule has 0 unspecified atom stereocenters. The normalized spacial score (nSPS) is 11.6. The maximum atomic E-state index is 3.84. The van der Waals surface area contributed by atoms with Crippen LogP contribution in [0.25, 0.3) is 0 Å². The second-order valence-electron chi connectivity index (χ2n) is 3.63. The summed E-state index contributed by atoms with van der Waals surface area (Å²) in [5.41, 5.74) is 0.491. The molecule has 0 aliphatic heterocycles. The molecule has 0 amide bonds. The van der Waals surface area contributed by atoms with Crippen LogP contribution in [-0.2, 0) is 0 Å². The van der Waals surface area contributed by atoms with Crippen molar-refractivity contribution in [3.63, 3.8) is 0 Å². The summed E-state index contributed by atoms with van der Waals surface area (Å²) in [6.07, 6.45) is 8.40. The van der Waals surface area contributed by atoms with Gasteiger partial charge < -0.3 is 0 Å². The van der Waals surface area contributed by atoms with Crippen LogP contribution in [0.3, 0.4) is 0 Å². The van der Waals surface area contributed by atoms with Gasteiger partial charge in [0.1, 0.15) is 0 Å². The van der Waals surface area contributed by atoms with Crippen LogP contribution in [0.4, 0.5) is 0 Å². The van der Waals surface area contributed by atoms with Gasteiger partial charge in [0.25, 0.3) is 0 Å². The lowest BCUT2D eigenvalue weighted by atomic mass is 9.78. The van der Waals surface area contributed by atoms with Crippen LogP contribution in [0.1, 0.15) is 46.0 Å². The van der Waals surface area contributed by atoms with Crippen LogP contribution in [0.15, 0.2) is 12.7 Å². The van der Waals surface area contributed by atoms with Crippen molar-refractivity contribution in [3.05, 3.63) is 12.7 Å². The van der Waals surface area contributed by atoms with E-state index in [2.05, 4.69) is 42.4 Å². The molecule has 0 aliphatic carbocycles. The van der Waals surface area contributed by atoms with E-state index in [4.69, 9.17) is 0 Å². The maximum absolute atomic E-state index is 3.84. The molecule has 72 valence electrons. The van der Waals surface area contributed by atoms with Crippen molar-refractivity contribution >= 4 is 15.9 Å². The summed E-state index contributed by atoms with van der Waals surface area (Å²) < 4.78 is 0. The molecule has 12 heavy (non-hydrogen) atoms. The molecular formula is C11H21Br. The zero-order valence-corrected chi connectivity index (χ0v) is 9.99. The van der Waals surface area contributed by atoms with E-state index in [9.17, 15) is 0 Å². The van der Waals surface area contributed by atoms with Gasteiger partial charge in [-0.25, -0.2) is 0 Å². The highest BCUT2D eigenvalue weighted by Gasteiger charge is 2.24. The maximum Gasteiger partial charge on any atom is 0.00909 e. The number of hydrogen-bond acceptors (Lipinski definition) is 0. The van der Waals surface area contributed by atoms with Crippen molar-refractivity contribution in [1.82, 2.24) is 0 Å². The van der Waals surface area contributed by atoms with E-state index >= 15 is 0 Å². The van der Waals surface area contributed by atoms with Gasteiger partial charge in [-0.3, -0.25) is 0 Å². The summed E-state index contributed by atoms with van der Waals surface area (Å²) in [5, 5.41) is 1.12. The Bertz CT molecular complexity index is 112. The molecule has 0 bridgehead atoms. The fraction of sp³-hybridized carbons (Fsp3) is 0.818. The molecule has 0 N–H and O–H groups in total. The lowest BCUT2D eigenvalue weighted by Crippen LogP contribution is -2.21. The van der Waals surface area contributed by atoms with Gasteiger partial charge in [0.2, 0.25) is 0 Å². The first-order valence-corrected chi connectivity index (χ1v) is 6.03. The third kappa shape index (κ3) is 3.75. The summed E-state index contributed by atoms with van der Waals surface area (Å²) in [4.78, 5) is 0. The average molecular weight is 233 g/mol. The van der Waals surface area contributed by atoms with Crippen LogP contribution < -0.4 is 0 Å².